The summed E-state index contributed by atoms with van der Waals surface area (Å²) in [5.74, 6) is 1.41. The number of nitrogens with zero attached hydrogens (tertiary/aromatic N) is 1. The van der Waals surface area contributed by atoms with Gasteiger partial charge in [-0.2, -0.15) is 0 Å². The molecule has 0 heterocycles. The van der Waals surface area contributed by atoms with E-state index in [2.05, 4.69) is 17.9 Å². The maximum atomic E-state index is 12.1. The van der Waals surface area contributed by atoms with Gasteiger partial charge in [0.25, 0.3) is 0 Å². The van der Waals surface area contributed by atoms with Crippen LogP contribution >= 0.6 is 0 Å². The van der Waals surface area contributed by atoms with Gasteiger partial charge in [-0.1, -0.05) is 51.2 Å². The Morgan fingerprint density at radius 2 is 2.00 bits per heavy atom. The van der Waals surface area contributed by atoms with Crippen molar-refractivity contribution in [2.45, 2.75) is 90.0 Å². The standard InChI is InChI=1S/C25H39NO3/c1-2-16-26(17-15-20-8-4-3-5-9-20)22-14-13-21-10-6-11-24(23(21)19-22)29-25(28)12-7-18-27/h6,10-11,20,22,27H,2-5,7-9,12-19H2,1H3. The van der Waals surface area contributed by atoms with Gasteiger partial charge in [0.2, 0.25) is 0 Å². The highest BCUT2D eigenvalue weighted by Gasteiger charge is 2.27. The van der Waals surface area contributed by atoms with E-state index < -0.39 is 0 Å². The average molecular weight is 402 g/mol. The number of esters is 1. The third-order valence-electron chi connectivity index (χ3n) is 6.76. The van der Waals surface area contributed by atoms with Crippen LogP contribution in [0.2, 0.25) is 0 Å². The largest absolute Gasteiger partial charge is 0.426 e. The number of hydrogen-bond acceptors (Lipinski definition) is 4. The summed E-state index contributed by atoms with van der Waals surface area (Å²) in [4.78, 5) is 14.8. The average Bonchev–Trinajstić information content (AvgIpc) is 2.76. The summed E-state index contributed by atoms with van der Waals surface area (Å²) in [6, 6.07) is 6.66. The molecule has 1 aromatic rings. The van der Waals surface area contributed by atoms with Crippen LogP contribution < -0.4 is 4.74 Å². The van der Waals surface area contributed by atoms with Crippen molar-refractivity contribution in [2.24, 2.45) is 5.92 Å². The Balaban J connectivity index is 1.64. The molecule has 2 aliphatic carbocycles. The van der Waals surface area contributed by atoms with E-state index in [4.69, 9.17) is 9.84 Å². The smallest absolute Gasteiger partial charge is 0.311 e. The van der Waals surface area contributed by atoms with E-state index in [1.54, 1.807) is 0 Å². The second kappa shape index (κ2) is 11.7. The number of benzene rings is 1. The monoisotopic (exact) mass is 401 g/mol. The molecule has 0 aromatic heterocycles. The Hall–Kier alpha value is -1.39. The second-order valence-electron chi connectivity index (χ2n) is 8.92. The molecule has 1 fully saturated rings. The molecule has 4 nitrogen and oxygen atoms in total. The molecule has 1 N–H and O–H groups in total. The topological polar surface area (TPSA) is 49.8 Å². The van der Waals surface area contributed by atoms with Gasteiger partial charge in [0.1, 0.15) is 5.75 Å². The number of hydrogen-bond donors (Lipinski definition) is 1. The first-order chi connectivity index (χ1) is 14.2. The van der Waals surface area contributed by atoms with Gasteiger partial charge < -0.3 is 14.7 Å². The maximum absolute atomic E-state index is 12.1. The van der Waals surface area contributed by atoms with Crippen molar-refractivity contribution in [1.29, 1.82) is 0 Å². The number of aryl methyl sites for hydroxylation is 1. The van der Waals surface area contributed by atoms with Crippen LogP contribution in [0, 0.1) is 5.92 Å². The first-order valence-corrected chi connectivity index (χ1v) is 11.9. The molecule has 4 heteroatoms. The van der Waals surface area contributed by atoms with Crippen LogP contribution in [0.5, 0.6) is 5.75 Å². The zero-order chi connectivity index (χ0) is 20.5. The summed E-state index contributed by atoms with van der Waals surface area (Å²) < 4.78 is 5.69. The molecule has 0 spiro atoms. The van der Waals surface area contributed by atoms with Gasteiger partial charge >= 0.3 is 5.97 Å². The molecule has 1 atom stereocenters. The molecule has 0 saturated heterocycles. The fourth-order valence-electron chi connectivity index (χ4n) is 5.13. The predicted octanol–water partition coefficient (Wildman–Crippen LogP) is 4.90. The van der Waals surface area contributed by atoms with Crippen molar-refractivity contribution >= 4 is 5.97 Å². The fourth-order valence-corrected chi connectivity index (χ4v) is 5.13. The summed E-state index contributed by atoms with van der Waals surface area (Å²) in [6.45, 7) is 4.66. The van der Waals surface area contributed by atoms with Crippen molar-refractivity contribution in [3.8, 4) is 5.75 Å². The molecule has 1 aromatic carbocycles. The lowest BCUT2D eigenvalue weighted by atomic mass is 9.85. The summed E-state index contributed by atoms with van der Waals surface area (Å²) in [6.07, 6.45) is 13.6. The second-order valence-corrected chi connectivity index (χ2v) is 8.92. The lowest BCUT2D eigenvalue weighted by Gasteiger charge is -2.36. The normalized spacial score (nSPS) is 19.9. The van der Waals surface area contributed by atoms with Crippen molar-refractivity contribution in [1.82, 2.24) is 4.90 Å². The van der Waals surface area contributed by atoms with E-state index in [1.807, 2.05) is 12.1 Å². The number of rotatable bonds is 10. The molecule has 1 unspecified atom stereocenters. The predicted molar refractivity (Wildman–Crippen MR) is 117 cm³/mol. The van der Waals surface area contributed by atoms with Crippen LogP contribution in [-0.4, -0.2) is 41.7 Å². The molecular formula is C25H39NO3. The van der Waals surface area contributed by atoms with Crippen LogP contribution in [0.3, 0.4) is 0 Å². The van der Waals surface area contributed by atoms with E-state index in [0.717, 1.165) is 31.1 Å². The minimum atomic E-state index is -0.239. The number of fused-ring (bicyclic) bond motifs is 1. The van der Waals surface area contributed by atoms with E-state index in [9.17, 15) is 4.79 Å². The van der Waals surface area contributed by atoms with E-state index >= 15 is 0 Å². The highest BCUT2D eigenvalue weighted by atomic mass is 16.5. The van der Waals surface area contributed by atoms with Crippen molar-refractivity contribution in [3.63, 3.8) is 0 Å². The van der Waals surface area contributed by atoms with Gasteiger partial charge in [-0.15, -0.1) is 0 Å². The molecule has 162 valence electrons. The Morgan fingerprint density at radius 1 is 1.17 bits per heavy atom. The Kier molecular flexibility index (Phi) is 9.00. The first kappa shape index (κ1) is 22.3. The molecule has 0 radical (unpaired) electrons. The number of ether oxygens (including phenoxy) is 1. The molecule has 1 saturated carbocycles. The van der Waals surface area contributed by atoms with Crippen molar-refractivity contribution in [2.75, 3.05) is 19.7 Å². The number of carbonyl (C=O) groups excluding carboxylic acids is 1. The SMILES string of the molecule is CCCN(CCC1CCCCC1)C1CCc2cccc(OC(=O)CCCO)c2C1. The Bertz CT molecular complexity index is 639. The van der Waals surface area contributed by atoms with Crippen LogP contribution in [0.15, 0.2) is 18.2 Å². The summed E-state index contributed by atoms with van der Waals surface area (Å²) in [5.41, 5.74) is 2.55. The van der Waals surface area contributed by atoms with Gasteiger partial charge in [-0.05, 0) is 74.7 Å². The van der Waals surface area contributed by atoms with Crippen molar-refractivity contribution < 1.29 is 14.6 Å². The summed E-state index contributed by atoms with van der Waals surface area (Å²) in [7, 11) is 0. The first-order valence-electron chi connectivity index (χ1n) is 11.9. The number of aliphatic hydroxyl groups excluding tert-OH is 1. The zero-order valence-corrected chi connectivity index (χ0v) is 18.2. The van der Waals surface area contributed by atoms with Gasteiger partial charge in [0.15, 0.2) is 0 Å². The Labute approximate surface area is 176 Å². The number of carbonyl (C=O) groups is 1. The molecule has 0 amide bonds. The molecule has 0 bridgehead atoms. The maximum Gasteiger partial charge on any atom is 0.311 e. The zero-order valence-electron chi connectivity index (χ0n) is 18.2. The summed E-state index contributed by atoms with van der Waals surface area (Å²) in [5, 5.41) is 8.95. The molecule has 29 heavy (non-hydrogen) atoms. The Morgan fingerprint density at radius 3 is 2.76 bits per heavy atom. The lowest BCUT2D eigenvalue weighted by molar-refractivity contribution is -0.134. The van der Waals surface area contributed by atoms with Gasteiger partial charge in [0, 0.05) is 19.1 Å². The lowest BCUT2D eigenvalue weighted by Crippen LogP contribution is -2.41. The van der Waals surface area contributed by atoms with E-state index in [0.29, 0.717) is 12.5 Å². The van der Waals surface area contributed by atoms with Crippen LogP contribution in [0.25, 0.3) is 0 Å². The molecule has 2 aliphatic rings. The van der Waals surface area contributed by atoms with Gasteiger partial charge in [-0.3, -0.25) is 4.79 Å². The third kappa shape index (κ3) is 6.55. The highest BCUT2D eigenvalue weighted by molar-refractivity contribution is 5.73. The van der Waals surface area contributed by atoms with Crippen molar-refractivity contribution in [3.05, 3.63) is 29.3 Å². The minimum Gasteiger partial charge on any atom is -0.426 e. The fraction of sp³-hybridized carbons (Fsp3) is 0.720. The molecule has 3 rings (SSSR count). The molecule has 0 aliphatic heterocycles. The van der Waals surface area contributed by atoms with E-state index in [-0.39, 0.29) is 19.0 Å². The summed E-state index contributed by atoms with van der Waals surface area (Å²) >= 11 is 0. The van der Waals surface area contributed by atoms with Gasteiger partial charge in [0.05, 0.1) is 0 Å². The van der Waals surface area contributed by atoms with E-state index in [1.165, 1.54) is 69.0 Å². The molecular weight excluding hydrogens is 362 g/mol. The van der Waals surface area contributed by atoms with Crippen LogP contribution in [-0.2, 0) is 17.6 Å². The van der Waals surface area contributed by atoms with Crippen LogP contribution in [0.1, 0.15) is 82.3 Å². The minimum absolute atomic E-state index is 0.0248. The highest BCUT2D eigenvalue weighted by Crippen LogP contribution is 2.33. The number of aliphatic hydroxyl groups is 1. The third-order valence-corrected chi connectivity index (χ3v) is 6.76. The quantitative estimate of drug-likeness (QED) is 0.447. The van der Waals surface area contributed by atoms with Crippen LogP contribution in [0.4, 0.5) is 0 Å². The van der Waals surface area contributed by atoms with Gasteiger partial charge in [-0.25, -0.2) is 0 Å².